The number of ether oxygens (including phenoxy) is 1. The Morgan fingerprint density at radius 1 is 1.29 bits per heavy atom. The van der Waals surface area contributed by atoms with Gasteiger partial charge in [0, 0.05) is 6.07 Å². The van der Waals surface area contributed by atoms with Gasteiger partial charge >= 0.3 is 5.97 Å². The molecular formula is C16H20F2N2O4. The van der Waals surface area contributed by atoms with Crippen LogP contribution in [0.2, 0.25) is 0 Å². The van der Waals surface area contributed by atoms with E-state index < -0.39 is 41.4 Å². The van der Waals surface area contributed by atoms with Gasteiger partial charge in [-0.3, -0.25) is 14.4 Å². The Hall–Kier alpha value is -2.51. The minimum absolute atomic E-state index is 0.0184. The summed E-state index contributed by atoms with van der Waals surface area (Å²) >= 11 is 0. The maximum absolute atomic E-state index is 13.5. The molecule has 132 valence electrons. The molecule has 0 heterocycles. The highest BCUT2D eigenvalue weighted by Crippen LogP contribution is 2.12. The first-order valence-electron chi connectivity index (χ1n) is 7.42. The molecule has 0 aromatic heterocycles. The second-order valence-electron chi connectivity index (χ2n) is 5.35. The number of nitrogens with one attached hydrogen (secondary N) is 1. The average Bonchev–Trinajstić information content (AvgIpc) is 2.47. The van der Waals surface area contributed by atoms with Gasteiger partial charge in [0.05, 0.1) is 19.4 Å². The highest BCUT2D eigenvalue weighted by Gasteiger charge is 2.27. The minimum Gasteiger partial charge on any atom is -0.466 e. The van der Waals surface area contributed by atoms with E-state index in [1.807, 2.05) is 0 Å². The SMILES string of the molecule is CCOC(=O)C[C@@H](C)[C@H](NC(=O)Cc1ccc(F)cc1F)C(N)=O. The van der Waals surface area contributed by atoms with E-state index in [0.717, 1.165) is 12.1 Å². The van der Waals surface area contributed by atoms with Crippen LogP contribution in [-0.2, 0) is 25.5 Å². The average molecular weight is 342 g/mol. The van der Waals surface area contributed by atoms with Crippen LogP contribution in [-0.4, -0.2) is 30.4 Å². The van der Waals surface area contributed by atoms with Gasteiger partial charge in [-0.1, -0.05) is 13.0 Å². The number of nitrogens with two attached hydrogens (primary N) is 1. The molecule has 24 heavy (non-hydrogen) atoms. The van der Waals surface area contributed by atoms with Crippen LogP contribution in [0.25, 0.3) is 0 Å². The lowest BCUT2D eigenvalue weighted by atomic mass is 9.97. The van der Waals surface area contributed by atoms with E-state index in [4.69, 9.17) is 10.5 Å². The molecular weight excluding hydrogens is 322 g/mol. The van der Waals surface area contributed by atoms with E-state index >= 15 is 0 Å². The number of amides is 2. The molecule has 0 aliphatic carbocycles. The van der Waals surface area contributed by atoms with Crippen molar-refractivity contribution in [1.29, 1.82) is 0 Å². The number of hydrogen-bond acceptors (Lipinski definition) is 4. The van der Waals surface area contributed by atoms with Crippen LogP contribution >= 0.6 is 0 Å². The zero-order valence-electron chi connectivity index (χ0n) is 13.5. The predicted octanol–water partition coefficient (Wildman–Crippen LogP) is 1.07. The summed E-state index contributed by atoms with van der Waals surface area (Å²) in [4.78, 5) is 35.0. The van der Waals surface area contributed by atoms with Gasteiger partial charge in [-0.2, -0.15) is 0 Å². The maximum atomic E-state index is 13.5. The number of hydrogen-bond donors (Lipinski definition) is 2. The molecule has 0 aliphatic heterocycles. The Labute approximate surface area is 138 Å². The standard InChI is InChI=1S/C16H20F2N2O4/c1-3-24-14(22)6-9(2)15(16(19)23)20-13(21)7-10-4-5-11(17)8-12(10)18/h4-5,8-9,15H,3,6-7H2,1-2H3,(H2,19,23)(H,20,21)/t9-,15+/m1/s1. The Balaban J connectivity index is 2.72. The van der Waals surface area contributed by atoms with Crippen molar-refractivity contribution in [3.05, 3.63) is 35.4 Å². The highest BCUT2D eigenvalue weighted by molar-refractivity contribution is 5.88. The molecule has 0 spiro atoms. The lowest BCUT2D eigenvalue weighted by molar-refractivity contribution is -0.144. The second-order valence-corrected chi connectivity index (χ2v) is 5.35. The first kappa shape index (κ1) is 19.5. The van der Waals surface area contributed by atoms with Gasteiger partial charge in [0.25, 0.3) is 0 Å². The van der Waals surface area contributed by atoms with E-state index in [9.17, 15) is 23.2 Å². The van der Waals surface area contributed by atoms with Gasteiger partial charge in [-0.05, 0) is 24.5 Å². The third kappa shape index (κ3) is 5.94. The molecule has 0 aliphatic rings. The molecule has 0 unspecified atom stereocenters. The third-order valence-electron chi connectivity index (χ3n) is 3.35. The first-order chi connectivity index (χ1) is 11.2. The molecule has 0 saturated heterocycles. The molecule has 0 radical (unpaired) electrons. The van der Waals surface area contributed by atoms with E-state index in [1.165, 1.54) is 0 Å². The summed E-state index contributed by atoms with van der Waals surface area (Å²) in [5.41, 5.74) is 5.23. The van der Waals surface area contributed by atoms with E-state index in [1.54, 1.807) is 13.8 Å². The molecule has 1 aromatic carbocycles. The zero-order chi connectivity index (χ0) is 18.3. The van der Waals surface area contributed by atoms with Crippen molar-refractivity contribution < 1.29 is 27.9 Å². The largest absolute Gasteiger partial charge is 0.466 e. The van der Waals surface area contributed by atoms with Gasteiger partial charge < -0.3 is 15.8 Å². The summed E-state index contributed by atoms with van der Waals surface area (Å²) in [6.45, 7) is 3.40. The Morgan fingerprint density at radius 2 is 1.96 bits per heavy atom. The molecule has 6 nitrogen and oxygen atoms in total. The molecule has 0 bridgehead atoms. The second kappa shape index (κ2) is 8.95. The van der Waals surface area contributed by atoms with Gasteiger partial charge in [-0.25, -0.2) is 8.78 Å². The number of carbonyl (C=O) groups is 3. The van der Waals surface area contributed by atoms with Crippen molar-refractivity contribution in [2.75, 3.05) is 6.61 Å². The number of primary amides is 1. The summed E-state index contributed by atoms with van der Waals surface area (Å²) in [5.74, 6) is -4.21. The van der Waals surface area contributed by atoms with Crippen molar-refractivity contribution in [3.8, 4) is 0 Å². The fourth-order valence-electron chi connectivity index (χ4n) is 2.16. The molecule has 2 amide bonds. The van der Waals surface area contributed by atoms with Crippen molar-refractivity contribution in [1.82, 2.24) is 5.32 Å². The lowest BCUT2D eigenvalue weighted by Gasteiger charge is -2.21. The number of benzene rings is 1. The van der Waals surface area contributed by atoms with Crippen LogP contribution in [0.4, 0.5) is 8.78 Å². The van der Waals surface area contributed by atoms with Crippen LogP contribution in [0.3, 0.4) is 0 Å². The summed E-state index contributed by atoms with van der Waals surface area (Å²) < 4.78 is 31.2. The molecule has 0 fully saturated rings. The fraction of sp³-hybridized carbons (Fsp3) is 0.438. The predicted molar refractivity (Wildman–Crippen MR) is 81.6 cm³/mol. The minimum atomic E-state index is -1.11. The normalized spacial score (nSPS) is 13.0. The number of esters is 1. The Bertz CT molecular complexity index is 622. The summed E-state index contributed by atoms with van der Waals surface area (Å²) in [6.07, 6.45) is -0.491. The van der Waals surface area contributed by atoms with Crippen LogP contribution in [0.15, 0.2) is 18.2 Å². The van der Waals surface area contributed by atoms with Crippen molar-refractivity contribution in [2.45, 2.75) is 32.7 Å². The van der Waals surface area contributed by atoms with Gasteiger partial charge in [0.1, 0.15) is 17.7 Å². The molecule has 2 atom stereocenters. The molecule has 8 heteroatoms. The number of rotatable bonds is 8. The number of halogens is 2. The van der Waals surface area contributed by atoms with Crippen molar-refractivity contribution in [2.24, 2.45) is 11.7 Å². The maximum Gasteiger partial charge on any atom is 0.306 e. The first-order valence-corrected chi connectivity index (χ1v) is 7.42. The smallest absolute Gasteiger partial charge is 0.306 e. The summed E-state index contributed by atoms with van der Waals surface area (Å²) in [5, 5.41) is 2.37. The van der Waals surface area contributed by atoms with Crippen LogP contribution < -0.4 is 11.1 Å². The topological polar surface area (TPSA) is 98.5 Å². The van der Waals surface area contributed by atoms with Crippen LogP contribution in [0.5, 0.6) is 0 Å². The van der Waals surface area contributed by atoms with Crippen molar-refractivity contribution >= 4 is 17.8 Å². The quantitative estimate of drug-likeness (QED) is 0.690. The van der Waals surface area contributed by atoms with Gasteiger partial charge in [-0.15, -0.1) is 0 Å². The highest BCUT2D eigenvalue weighted by atomic mass is 19.1. The Morgan fingerprint density at radius 3 is 2.50 bits per heavy atom. The van der Waals surface area contributed by atoms with Crippen molar-refractivity contribution in [3.63, 3.8) is 0 Å². The molecule has 0 saturated carbocycles. The molecule has 1 rings (SSSR count). The molecule has 1 aromatic rings. The fourth-order valence-corrected chi connectivity index (χ4v) is 2.16. The van der Waals surface area contributed by atoms with Crippen LogP contribution in [0.1, 0.15) is 25.8 Å². The zero-order valence-corrected chi connectivity index (χ0v) is 13.5. The van der Waals surface area contributed by atoms with E-state index in [2.05, 4.69) is 5.32 Å². The van der Waals surface area contributed by atoms with Gasteiger partial charge in [0.15, 0.2) is 0 Å². The third-order valence-corrected chi connectivity index (χ3v) is 3.35. The van der Waals surface area contributed by atoms with Crippen LogP contribution in [0, 0.1) is 17.6 Å². The lowest BCUT2D eigenvalue weighted by Crippen LogP contribution is -2.49. The summed E-state index contributed by atoms with van der Waals surface area (Å²) in [6, 6.07) is 1.73. The van der Waals surface area contributed by atoms with E-state index in [0.29, 0.717) is 6.07 Å². The number of carbonyl (C=O) groups excluding carboxylic acids is 3. The monoisotopic (exact) mass is 342 g/mol. The van der Waals surface area contributed by atoms with E-state index in [-0.39, 0.29) is 25.0 Å². The van der Waals surface area contributed by atoms with Gasteiger partial charge in [0.2, 0.25) is 11.8 Å². The Kier molecular flexibility index (Phi) is 7.29. The summed E-state index contributed by atoms with van der Waals surface area (Å²) in [7, 11) is 0. The molecule has 3 N–H and O–H groups in total.